The van der Waals surface area contributed by atoms with Gasteiger partial charge in [-0.05, 0) is 69.0 Å². The number of carbonyl (C=O) groups excluding carboxylic acids is 2. The van der Waals surface area contributed by atoms with E-state index in [1.54, 1.807) is 23.1 Å². The Morgan fingerprint density at radius 1 is 1.00 bits per heavy atom. The minimum Gasteiger partial charge on any atom is -0.371 e. The molecule has 2 aromatic rings. The molecule has 1 heterocycles. The zero-order valence-electron chi connectivity index (χ0n) is 17.8. The number of halogens is 1. The first kappa shape index (κ1) is 21.8. The van der Waals surface area contributed by atoms with E-state index in [1.807, 2.05) is 26.0 Å². The number of rotatable bonds is 7. The third kappa shape index (κ3) is 5.38. The summed E-state index contributed by atoms with van der Waals surface area (Å²) in [6, 6.07) is 11.5. The number of hydrogen-bond donors (Lipinski definition) is 1. The molecule has 1 N–H and O–H groups in total. The monoisotopic (exact) mass is 411 g/mol. The SMILES string of the molecule is CCN(CC)C(=O)c1cc(NC(=O)Cc2ccc(F)cc2)ccc1N1CCCCC1. The number of nitrogens with one attached hydrogen (secondary N) is 1. The molecule has 0 radical (unpaired) electrons. The molecule has 1 fully saturated rings. The molecule has 0 saturated carbocycles. The summed E-state index contributed by atoms with van der Waals surface area (Å²) < 4.78 is 13.1. The molecule has 6 heteroatoms. The second-order valence-electron chi connectivity index (χ2n) is 7.61. The summed E-state index contributed by atoms with van der Waals surface area (Å²) in [5.74, 6) is -0.546. The number of carbonyl (C=O) groups is 2. The van der Waals surface area contributed by atoms with Gasteiger partial charge in [-0.2, -0.15) is 0 Å². The third-order valence-corrected chi connectivity index (χ3v) is 5.54. The molecule has 1 aliphatic heterocycles. The van der Waals surface area contributed by atoms with Crippen molar-refractivity contribution in [3.05, 3.63) is 59.4 Å². The van der Waals surface area contributed by atoms with Crippen molar-refractivity contribution in [1.82, 2.24) is 4.90 Å². The Morgan fingerprint density at radius 2 is 1.67 bits per heavy atom. The number of benzene rings is 2. The fourth-order valence-corrected chi connectivity index (χ4v) is 3.87. The lowest BCUT2D eigenvalue weighted by Gasteiger charge is -2.31. The molecule has 0 unspecified atom stereocenters. The lowest BCUT2D eigenvalue weighted by Crippen LogP contribution is -2.35. The molecular formula is C24H30FN3O2. The van der Waals surface area contributed by atoms with Gasteiger partial charge in [0.1, 0.15) is 5.82 Å². The molecule has 3 rings (SSSR count). The largest absolute Gasteiger partial charge is 0.371 e. The predicted octanol–water partition coefficient (Wildman–Crippen LogP) is 4.48. The van der Waals surface area contributed by atoms with E-state index in [1.165, 1.54) is 18.6 Å². The maximum absolute atomic E-state index is 13.2. The van der Waals surface area contributed by atoms with Crippen LogP contribution in [0.1, 0.15) is 49.0 Å². The van der Waals surface area contributed by atoms with Crippen LogP contribution in [0.5, 0.6) is 0 Å². The molecule has 0 aliphatic carbocycles. The minimum atomic E-state index is -0.327. The molecule has 5 nitrogen and oxygen atoms in total. The number of piperidine rings is 1. The van der Waals surface area contributed by atoms with E-state index >= 15 is 0 Å². The Hall–Kier alpha value is -2.89. The van der Waals surface area contributed by atoms with Crippen molar-refractivity contribution in [3.63, 3.8) is 0 Å². The first-order chi connectivity index (χ1) is 14.5. The Bertz CT molecular complexity index is 873. The molecule has 1 saturated heterocycles. The molecular weight excluding hydrogens is 381 g/mol. The summed E-state index contributed by atoms with van der Waals surface area (Å²) in [6.45, 7) is 7.09. The summed E-state index contributed by atoms with van der Waals surface area (Å²) in [7, 11) is 0. The smallest absolute Gasteiger partial charge is 0.256 e. The van der Waals surface area contributed by atoms with E-state index in [-0.39, 0.29) is 24.1 Å². The van der Waals surface area contributed by atoms with Crippen molar-refractivity contribution in [1.29, 1.82) is 0 Å². The first-order valence-corrected chi connectivity index (χ1v) is 10.7. The van der Waals surface area contributed by atoms with Gasteiger partial charge in [-0.1, -0.05) is 12.1 Å². The average molecular weight is 412 g/mol. The fourth-order valence-electron chi connectivity index (χ4n) is 3.87. The van der Waals surface area contributed by atoms with Gasteiger partial charge in [0.2, 0.25) is 5.91 Å². The minimum absolute atomic E-state index is 0.0183. The van der Waals surface area contributed by atoms with Crippen molar-refractivity contribution in [2.75, 3.05) is 36.4 Å². The van der Waals surface area contributed by atoms with Gasteiger partial charge in [-0.25, -0.2) is 4.39 Å². The molecule has 2 aromatic carbocycles. The van der Waals surface area contributed by atoms with Crippen LogP contribution < -0.4 is 10.2 Å². The zero-order chi connectivity index (χ0) is 21.5. The van der Waals surface area contributed by atoms with E-state index in [0.29, 0.717) is 24.3 Å². The van der Waals surface area contributed by atoms with Crippen molar-refractivity contribution in [3.8, 4) is 0 Å². The van der Waals surface area contributed by atoms with Crippen LogP contribution in [0.4, 0.5) is 15.8 Å². The maximum atomic E-state index is 13.2. The van der Waals surface area contributed by atoms with Gasteiger partial charge in [0.15, 0.2) is 0 Å². The summed E-state index contributed by atoms with van der Waals surface area (Å²) in [6.07, 6.45) is 3.60. The highest BCUT2D eigenvalue weighted by atomic mass is 19.1. The zero-order valence-corrected chi connectivity index (χ0v) is 17.8. The summed E-state index contributed by atoms with van der Waals surface area (Å²) in [5.41, 5.74) is 2.89. The van der Waals surface area contributed by atoms with Crippen LogP contribution in [0.15, 0.2) is 42.5 Å². The van der Waals surface area contributed by atoms with Gasteiger partial charge < -0.3 is 15.1 Å². The number of amides is 2. The second-order valence-corrected chi connectivity index (χ2v) is 7.61. The number of anilines is 2. The van der Waals surface area contributed by atoms with Crippen molar-refractivity contribution in [2.24, 2.45) is 0 Å². The Kier molecular flexibility index (Phi) is 7.44. The molecule has 160 valence electrons. The van der Waals surface area contributed by atoms with E-state index in [9.17, 15) is 14.0 Å². The van der Waals surface area contributed by atoms with E-state index in [0.717, 1.165) is 37.2 Å². The van der Waals surface area contributed by atoms with Crippen LogP contribution in [-0.4, -0.2) is 42.9 Å². The third-order valence-electron chi connectivity index (χ3n) is 5.54. The normalized spacial score (nSPS) is 13.8. The molecule has 0 bridgehead atoms. The molecule has 30 heavy (non-hydrogen) atoms. The average Bonchev–Trinajstić information content (AvgIpc) is 2.76. The van der Waals surface area contributed by atoms with Crippen molar-refractivity contribution < 1.29 is 14.0 Å². The molecule has 0 atom stereocenters. The lowest BCUT2D eigenvalue weighted by molar-refractivity contribution is -0.115. The highest BCUT2D eigenvalue weighted by molar-refractivity contribution is 6.02. The van der Waals surface area contributed by atoms with Crippen molar-refractivity contribution in [2.45, 2.75) is 39.5 Å². The standard InChI is InChI=1S/C24H30FN3O2/c1-3-27(4-2)24(30)21-17-20(12-13-22(21)28-14-6-5-7-15-28)26-23(29)16-18-8-10-19(25)11-9-18/h8-13,17H,3-7,14-16H2,1-2H3,(H,26,29). The van der Waals surface area contributed by atoms with E-state index < -0.39 is 0 Å². The van der Waals surface area contributed by atoms with Crippen molar-refractivity contribution >= 4 is 23.2 Å². The molecule has 1 aliphatic rings. The highest BCUT2D eigenvalue weighted by Crippen LogP contribution is 2.28. The van der Waals surface area contributed by atoms with Gasteiger partial charge in [0.05, 0.1) is 12.0 Å². The first-order valence-electron chi connectivity index (χ1n) is 10.7. The maximum Gasteiger partial charge on any atom is 0.256 e. The predicted molar refractivity (Wildman–Crippen MR) is 118 cm³/mol. The Morgan fingerprint density at radius 3 is 2.30 bits per heavy atom. The summed E-state index contributed by atoms with van der Waals surface area (Å²) in [5, 5.41) is 2.88. The van der Waals surface area contributed by atoms with Gasteiger partial charge >= 0.3 is 0 Å². The van der Waals surface area contributed by atoms with Gasteiger partial charge in [0, 0.05) is 37.6 Å². The van der Waals surface area contributed by atoms with Crippen LogP contribution >= 0.6 is 0 Å². The van der Waals surface area contributed by atoms with Gasteiger partial charge in [-0.15, -0.1) is 0 Å². The van der Waals surface area contributed by atoms with Gasteiger partial charge in [-0.3, -0.25) is 9.59 Å². The van der Waals surface area contributed by atoms with Gasteiger partial charge in [0.25, 0.3) is 5.91 Å². The van der Waals surface area contributed by atoms with Crippen LogP contribution in [0.3, 0.4) is 0 Å². The number of hydrogen-bond acceptors (Lipinski definition) is 3. The lowest BCUT2D eigenvalue weighted by atomic mass is 10.0. The second kappa shape index (κ2) is 10.2. The highest BCUT2D eigenvalue weighted by Gasteiger charge is 2.22. The molecule has 0 aromatic heterocycles. The summed E-state index contributed by atoms with van der Waals surface area (Å²) in [4.78, 5) is 29.7. The van der Waals surface area contributed by atoms with Crippen LogP contribution in [-0.2, 0) is 11.2 Å². The quantitative estimate of drug-likeness (QED) is 0.731. The molecule has 0 spiro atoms. The Balaban J connectivity index is 1.82. The van der Waals surface area contributed by atoms with Crippen LogP contribution in [0, 0.1) is 5.82 Å². The topological polar surface area (TPSA) is 52.7 Å². The summed E-state index contributed by atoms with van der Waals surface area (Å²) >= 11 is 0. The fraction of sp³-hybridized carbons (Fsp3) is 0.417. The molecule has 2 amide bonds. The van der Waals surface area contributed by atoms with E-state index in [4.69, 9.17) is 0 Å². The number of nitrogens with zero attached hydrogens (tertiary/aromatic N) is 2. The Labute approximate surface area is 177 Å². The van der Waals surface area contributed by atoms with Crippen LogP contribution in [0.25, 0.3) is 0 Å². The van der Waals surface area contributed by atoms with E-state index in [2.05, 4.69) is 10.2 Å². The van der Waals surface area contributed by atoms with Crippen LogP contribution in [0.2, 0.25) is 0 Å².